The number of aromatic nitrogens is 2. The maximum absolute atomic E-state index is 12.9. The Morgan fingerprint density at radius 3 is 2.45 bits per heavy atom. The Labute approximate surface area is 188 Å². The molecule has 3 aromatic rings. The van der Waals surface area contributed by atoms with Crippen molar-refractivity contribution in [2.75, 3.05) is 31.1 Å². The highest BCUT2D eigenvalue weighted by molar-refractivity contribution is 7.18. The topological polar surface area (TPSA) is 49.3 Å². The first kappa shape index (κ1) is 20.4. The van der Waals surface area contributed by atoms with Crippen LogP contribution in [0.1, 0.15) is 47.5 Å². The van der Waals surface area contributed by atoms with E-state index < -0.39 is 0 Å². The van der Waals surface area contributed by atoms with E-state index in [2.05, 4.69) is 47.9 Å². The molecule has 0 atom stereocenters. The molecule has 5 rings (SSSR count). The molecule has 162 valence electrons. The number of piperazine rings is 1. The second kappa shape index (κ2) is 8.58. The number of nitrogens with zero attached hydrogens (tertiary/aromatic N) is 4. The molecule has 0 spiro atoms. The summed E-state index contributed by atoms with van der Waals surface area (Å²) in [5, 5.41) is 1.19. The summed E-state index contributed by atoms with van der Waals surface area (Å²) in [6.07, 6.45) is 5.29. The Balaban J connectivity index is 1.41. The highest BCUT2D eigenvalue weighted by Crippen LogP contribution is 2.36. The van der Waals surface area contributed by atoms with Gasteiger partial charge in [-0.25, -0.2) is 9.97 Å². The van der Waals surface area contributed by atoms with E-state index in [0.29, 0.717) is 5.91 Å². The van der Waals surface area contributed by atoms with Crippen molar-refractivity contribution in [3.8, 4) is 0 Å². The predicted octanol–water partition coefficient (Wildman–Crippen LogP) is 4.74. The second-order valence-electron chi connectivity index (χ2n) is 8.88. The van der Waals surface area contributed by atoms with Crippen LogP contribution in [-0.4, -0.2) is 47.0 Å². The van der Waals surface area contributed by atoms with E-state index in [-0.39, 0.29) is 5.92 Å². The van der Waals surface area contributed by atoms with Crippen molar-refractivity contribution < 1.29 is 4.79 Å². The molecule has 0 radical (unpaired) electrons. The summed E-state index contributed by atoms with van der Waals surface area (Å²) in [6, 6.07) is 10.4. The van der Waals surface area contributed by atoms with Gasteiger partial charge in [0.2, 0.25) is 5.91 Å². The van der Waals surface area contributed by atoms with Crippen molar-refractivity contribution in [1.29, 1.82) is 0 Å². The molecule has 3 heterocycles. The number of fused-ring (bicyclic) bond motifs is 1. The number of rotatable bonds is 4. The lowest BCUT2D eigenvalue weighted by atomic mass is 10.1. The fourth-order valence-electron chi connectivity index (χ4n) is 4.93. The fraction of sp³-hybridized carbons (Fsp3) is 0.480. The first-order valence-electron chi connectivity index (χ1n) is 11.4. The molecular formula is C25H30N4OS. The standard InChI is InChI=1S/C25H30N4OS/c1-17-18(2)31-24-22(17)23(26-21(27-24)16-19-8-4-3-5-9-19)28-12-14-29(15-13-28)25(30)20-10-6-7-11-20/h3-5,8-9,20H,6-7,10-16H2,1-2H3. The van der Waals surface area contributed by atoms with E-state index in [1.165, 1.54) is 34.2 Å². The lowest BCUT2D eigenvalue weighted by Crippen LogP contribution is -2.50. The zero-order chi connectivity index (χ0) is 21.4. The number of benzene rings is 1. The van der Waals surface area contributed by atoms with Gasteiger partial charge in [0.05, 0.1) is 5.39 Å². The van der Waals surface area contributed by atoms with Crippen LogP contribution in [0.2, 0.25) is 0 Å². The van der Waals surface area contributed by atoms with Crippen LogP contribution in [0.3, 0.4) is 0 Å². The fourth-order valence-corrected chi connectivity index (χ4v) is 5.97. The molecule has 0 N–H and O–H groups in total. The number of amides is 1. The summed E-state index contributed by atoms with van der Waals surface area (Å²) >= 11 is 1.76. The Bertz CT molecular complexity index is 1080. The van der Waals surface area contributed by atoms with Crippen molar-refractivity contribution in [2.24, 2.45) is 5.92 Å². The molecule has 2 aliphatic rings. The summed E-state index contributed by atoms with van der Waals surface area (Å²) in [5.41, 5.74) is 2.51. The Morgan fingerprint density at radius 1 is 1.03 bits per heavy atom. The van der Waals surface area contributed by atoms with Gasteiger partial charge in [-0.05, 0) is 37.8 Å². The first-order valence-corrected chi connectivity index (χ1v) is 12.3. The Kier molecular flexibility index (Phi) is 5.65. The van der Waals surface area contributed by atoms with Gasteiger partial charge in [0.1, 0.15) is 16.5 Å². The molecule has 2 fully saturated rings. The number of carbonyl (C=O) groups is 1. The average Bonchev–Trinajstić information content (AvgIpc) is 3.42. The minimum absolute atomic E-state index is 0.261. The molecule has 2 aromatic heterocycles. The third-order valence-corrected chi connectivity index (χ3v) is 7.96. The summed E-state index contributed by atoms with van der Waals surface area (Å²) in [6.45, 7) is 7.60. The molecule has 1 amide bonds. The highest BCUT2D eigenvalue weighted by atomic mass is 32.1. The van der Waals surface area contributed by atoms with E-state index in [9.17, 15) is 4.79 Å². The smallest absolute Gasteiger partial charge is 0.225 e. The van der Waals surface area contributed by atoms with Gasteiger partial charge >= 0.3 is 0 Å². The molecule has 1 aromatic carbocycles. The zero-order valence-electron chi connectivity index (χ0n) is 18.4. The van der Waals surface area contributed by atoms with E-state index in [1.54, 1.807) is 11.3 Å². The van der Waals surface area contributed by atoms with Gasteiger partial charge < -0.3 is 9.80 Å². The van der Waals surface area contributed by atoms with Gasteiger partial charge in [-0.1, -0.05) is 43.2 Å². The van der Waals surface area contributed by atoms with Gasteiger partial charge in [-0.15, -0.1) is 11.3 Å². The highest BCUT2D eigenvalue weighted by Gasteiger charge is 2.30. The second-order valence-corrected chi connectivity index (χ2v) is 10.1. The lowest BCUT2D eigenvalue weighted by molar-refractivity contribution is -0.135. The quantitative estimate of drug-likeness (QED) is 0.595. The monoisotopic (exact) mass is 434 g/mol. The molecular weight excluding hydrogens is 404 g/mol. The summed E-state index contributed by atoms with van der Waals surface area (Å²) in [4.78, 5) is 29.7. The largest absolute Gasteiger partial charge is 0.352 e. The van der Waals surface area contributed by atoms with E-state index in [1.807, 2.05) is 6.07 Å². The number of hydrogen-bond acceptors (Lipinski definition) is 5. The molecule has 0 bridgehead atoms. The molecule has 6 heteroatoms. The molecule has 5 nitrogen and oxygen atoms in total. The molecule has 1 aliphatic heterocycles. The van der Waals surface area contributed by atoms with Crippen LogP contribution >= 0.6 is 11.3 Å². The minimum atomic E-state index is 0.261. The normalized spacial score (nSPS) is 17.6. The predicted molar refractivity (Wildman–Crippen MR) is 127 cm³/mol. The Morgan fingerprint density at radius 2 is 1.74 bits per heavy atom. The number of anilines is 1. The van der Waals surface area contributed by atoms with Crippen LogP contribution in [0.5, 0.6) is 0 Å². The van der Waals surface area contributed by atoms with Gasteiger partial charge in [0, 0.05) is 43.4 Å². The number of aryl methyl sites for hydroxylation is 2. The number of carbonyl (C=O) groups excluding carboxylic acids is 1. The Hall–Kier alpha value is -2.47. The van der Waals surface area contributed by atoms with Gasteiger partial charge in [0.25, 0.3) is 0 Å². The zero-order valence-corrected chi connectivity index (χ0v) is 19.2. The molecule has 1 aliphatic carbocycles. The third kappa shape index (κ3) is 4.05. The SMILES string of the molecule is Cc1sc2nc(Cc3ccccc3)nc(N3CCN(C(=O)C4CCCC4)CC3)c2c1C. The number of thiophene rings is 1. The first-order chi connectivity index (χ1) is 15.1. The number of hydrogen-bond donors (Lipinski definition) is 0. The van der Waals surface area contributed by atoms with Crippen molar-refractivity contribution in [2.45, 2.75) is 46.0 Å². The van der Waals surface area contributed by atoms with Gasteiger partial charge in [0.15, 0.2) is 0 Å². The maximum Gasteiger partial charge on any atom is 0.225 e. The van der Waals surface area contributed by atoms with Crippen LogP contribution in [0.4, 0.5) is 5.82 Å². The van der Waals surface area contributed by atoms with Crippen molar-refractivity contribution in [3.63, 3.8) is 0 Å². The van der Waals surface area contributed by atoms with Crippen molar-refractivity contribution in [3.05, 3.63) is 52.2 Å². The van der Waals surface area contributed by atoms with Crippen LogP contribution in [0.25, 0.3) is 10.2 Å². The minimum Gasteiger partial charge on any atom is -0.352 e. The van der Waals surface area contributed by atoms with E-state index in [4.69, 9.17) is 9.97 Å². The van der Waals surface area contributed by atoms with Gasteiger partial charge in [-0.3, -0.25) is 4.79 Å². The van der Waals surface area contributed by atoms with E-state index >= 15 is 0 Å². The molecule has 1 saturated heterocycles. The van der Waals surface area contributed by atoms with Crippen LogP contribution < -0.4 is 4.90 Å². The van der Waals surface area contributed by atoms with Crippen LogP contribution in [-0.2, 0) is 11.2 Å². The van der Waals surface area contributed by atoms with Crippen molar-refractivity contribution in [1.82, 2.24) is 14.9 Å². The van der Waals surface area contributed by atoms with E-state index in [0.717, 1.165) is 61.9 Å². The summed E-state index contributed by atoms with van der Waals surface area (Å²) in [7, 11) is 0. The maximum atomic E-state index is 12.9. The van der Waals surface area contributed by atoms with Gasteiger partial charge in [-0.2, -0.15) is 0 Å². The molecule has 0 unspecified atom stereocenters. The average molecular weight is 435 g/mol. The third-order valence-electron chi connectivity index (χ3n) is 6.86. The summed E-state index contributed by atoms with van der Waals surface area (Å²) < 4.78 is 0. The summed E-state index contributed by atoms with van der Waals surface area (Å²) in [5.74, 6) is 2.55. The molecule has 1 saturated carbocycles. The lowest BCUT2D eigenvalue weighted by Gasteiger charge is -2.37. The molecule has 31 heavy (non-hydrogen) atoms. The van der Waals surface area contributed by atoms with Crippen molar-refractivity contribution >= 4 is 33.3 Å². The van der Waals surface area contributed by atoms with Crippen LogP contribution in [0.15, 0.2) is 30.3 Å². The van der Waals surface area contributed by atoms with Crippen LogP contribution in [0, 0.1) is 19.8 Å².